The standard InChI is InChI=1S/C22H23N3O3/c1-14-5-6-15(2)20(11-14)24-16-7-9-19(23-13-16)22(26)25-18-10-8-17(27-3)12-21(18)28-4/h5-13,24H,1-4H3,(H,25,26). The second-order valence-corrected chi connectivity index (χ2v) is 6.40. The summed E-state index contributed by atoms with van der Waals surface area (Å²) in [6.07, 6.45) is 1.64. The zero-order valence-electron chi connectivity index (χ0n) is 16.4. The van der Waals surface area contributed by atoms with Gasteiger partial charge in [-0.15, -0.1) is 0 Å². The third kappa shape index (κ3) is 4.40. The fourth-order valence-corrected chi connectivity index (χ4v) is 2.72. The number of amides is 1. The summed E-state index contributed by atoms with van der Waals surface area (Å²) in [5, 5.41) is 6.14. The van der Waals surface area contributed by atoms with Gasteiger partial charge in [-0.1, -0.05) is 12.1 Å². The topological polar surface area (TPSA) is 72.5 Å². The third-order valence-electron chi connectivity index (χ3n) is 4.33. The highest BCUT2D eigenvalue weighted by Gasteiger charge is 2.12. The molecule has 1 heterocycles. The van der Waals surface area contributed by atoms with E-state index in [0.29, 0.717) is 22.9 Å². The molecule has 6 heteroatoms. The quantitative estimate of drug-likeness (QED) is 0.651. The number of carbonyl (C=O) groups is 1. The molecule has 144 valence electrons. The van der Waals surface area contributed by atoms with Crippen LogP contribution >= 0.6 is 0 Å². The molecular formula is C22H23N3O3. The third-order valence-corrected chi connectivity index (χ3v) is 4.33. The highest BCUT2D eigenvalue weighted by molar-refractivity contribution is 6.03. The lowest BCUT2D eigenvalue weighted by atomic mass is 10.1. The molecule has 0 saturated carbocycles. The van der Waals surface area contributed by atoms with E-state index in [-0.39, 0.29) is 5.91 Å². The molecule has 3 rings (SSSR count). The predicted octanol–water partition coefficient (Wildman–Crippen LogP) is 4.71. The van der Waals surface area contributed by atoms with Gasteiger partial charge < -0.3 is 20.1 Å². The van der Waals surface area contributed by atoms with Gasteiger partial charge in [0, 0.05) is 11.8 Å². The number of methoxy groups -OCH3 is 2. The minimum atomic E-state index is -0.318. The minimum absolute atomic E-state index is 0.310. The summed E-state index contributed by atoms with van der Waals surface area (Å²) in [4.78, 5) is 16.8. The Bertz CT molecular complexity index is 985. The molecule has 0 radical (unpaired) electrons. The summed E-state index contributed by atoms with van der Waals surface area (Å²) in [7, 11) is 3.11. The lowest BCUT2D eigenvalue weighted by Crippen LogP contribution is -2.14. The van der Waals surface area contributed by atoms with Gasteiger partial charge in [-0.05, 0) is 55.3 Å². The number of rotatable bonds is 6. The van der Waals surface area contributed by atoms with Crippen molar-refractivity contribution in [2.45, 2.75) is 13.8 Å². The number of pyridine rings is 1. The molecule has 0 aliphatic carbocycles. The molecule has 2 aromatic carbocycles. The van der Waals surface area contributed by atoms with Crippen molar-refractivity contribution in [1.82, 2.24) is 4.98 Å². The van der Waals surface area contributed by atoms with Crippen LogP contribution in [-0.4, -0.2) is 25.1 Å². The fourth-order valence-electron chi connectivity index (χ4n) is 2.72. The number of ether oxygens (including phenoxy) is 2. The maximum atomic E-state index is 12.5. The number of carbonyl (C=O) groups excluding carboxylic acids is 1. The molecule has 0 aliphatic heterocycles. The number of hydrogen-bond donors (Lipinski definition) is 2. The Kier molecular flexibility index (Phi) is 5.79. The van der Waals surface area contributed by atoms with Crippen molar-refractivity contribution in [2.75, 3.05) is 24.9 Å². The minimum Gasteiger partial charge on any atom is -0.497 e. The Morgan fingerprint density at radius 2 is 1.75 bits per heavy atom. The Labute approximate surface area is 164 Å². The van der Waals surface area contributed by atoms with E-state index in [1.165, 1.54) is 12.7 Å². The summed E-state index contributed by atoms with van der Waals surface area (Å²) >= 11 is 0. The average Bonchev–Trinajstić information content (AvgIpc) is 2.71. The Morgan fingerprint density at radius 3 is 2.43 bits per heavy atom. The highest BCUT2D eigenvalue weighted by atomic mass is 16.5. The Balaban J connectivity index is 1.73. The molecule has 0 bridgehead atoms. The normalized spacial score (nSPS) is 10.3. The number of hydrogen-bond acceptors (Lipinski definition) is 5. The SMILES string of the molecule is COc1ccc(NC(=O)c2ccc(Nc3cc(C)ccc3C)cn2)c(OC)c1. The number of nitrogens with zero attached hydrogens (tertiary/aromatic N) is 1. The fraction of sp³-hybridized carbons (Fsp3) is 0.182. The first-order chi connectivity index (χ1) is 13.5. The smallest absolute Gasteiger partial charge is 0.274 e. The first kappa shape index (κ1) is 19.2. The van der Waals surface area contributed by atoms with Crippen LogP contribution in [0.15, 0.2) is 54.7 Å². The van der Waals surface area contributed by atoms with E-state index in [1.807, 2.05) is 19.9 Å². The van der Waals surface area contributed by atoms with Gasteiger partial charge >= 0.3 is 0 Å². The molecular weight excluding hydrogens is 354 g/mol. The maximum absolute atomic E-state index is 12.5. The van der Waals surface area contributed by atoms with E-state index in [4.69, 9.17) is 9.47 Å². The van der Waals surface area contributed by atoms with Crippen LogP contribution in [0, 0.1) is 13.8 Å². The Morgan fingerprint density at radius 1 is 0.929 bits per heavy atom. The van der Waals surface area contributed by atoms with E-state index in [9.17, 15) is 4.79 Å². The average molecular weight is 377 g/mol. The Hall–Kier alpha value is -3.54. The second kappa shape index (κ2) is 8.43. The summed E-state index contributed by atoms with van der Waals surface area (Å²) in [6.45, 7) is 4.09. The molecule has 2 N–H and O–H groups in total. The van der Waals surface area contributed by atoms with Gasteiger partial charge in [-0.3, -0.25) is 4.79 Å². The van der Waals surface area contributed by atoms with Crippen LogP contribution in [0.3, 0.4) is 0 Å². The van der Waals surface area contributed by atoms with Crippen LogP contribution in [0.25, 0.3) is 0 Å². The summed E-state index contributed by atoms with van der Waals surface area (Å²) in [5.41, 5.74) is 5.00. The van der Waals surface area contributed by atoms with Crippen molar-refractivity contribution in [3.05, 3.63) is 71.5 Å². The van der Waals surface area contributed by atoms with Crippen molar-refractivity contribution in [3.8, 4) is 11.5 Å². The lowest BCUT2D eigenvalue weighted by Gasteiger charge is -2.12. The monoisotopic (exact) mass is 377 g/mol. The molecule has 0 fully saturated rings. The number of benzene rings is 2. The second-order valence-electron chi connectivity index (χ2n) is 6.40. The van der Waals surface area contributed by atoms with Crippen molar-refractivity contribution in [3.63, 3.8) is 0 Å². The zero-order chi connectivity index (χ0) is 20.1. The summed E-state index contributed by atoms with van der Waals surface area (Å²) in [6, 6.07) is 14.9. The lowest BCUT2D eigenvalue weighted by molar-refractivity contribution is 0.102. The largest absolute Gasteiger partial charge is 0.497 e. The summed E-state index contributed by atoms with van der Waals surface area (Å²) < 4.78 is 10.5. The van der Waals surface area contributed by atoms with Gasteiger partial charge in [0.1, 0.15) is 17.2 Å². The predicted molar refractivity (Wildman–Crippen MR) is 111 cm³/mol. The van der Waals surface area contributed by atoms with Crippen molar-refractivity contribution >= 4 is 23.0 Å². The molecule has 0 atom stereocenters. The zero-order valence-corrected chi connectivity index (χ0v) is 16.4. The van der Waals surface area contributed by atoms with Gasteiger partial charge in [-0.25, -0.2) is 4.98 Å². The van der Waals surface area contributed by atoms with Gasteiger partial charge in [0.05, 0.1) is 31.8 Å². The van der Waals surface area contributed by atoms with Crippen LogP contribution in [0.4, 0.5) is 17.1 Å². The van der Waals surface area contributed by atoms with Gasteiger partial charge in [0.15, 0.2) is 0 Å². The summed E-state index contributed by atoms with van der Waals surface area (Å²) in [5.74, 6) is 0.845. The van der Waals surface area contributed by atoms with E-state index in [1.54, 1.807) is 37.6 Å². The molecule has 0 aliphatic rings. The van der Waals surface area contributed by atoms with Crippen LogP contribution in [0.1, 0.15) is 21.6 Å². The first-order valence-corrected chi connectivity index (χ1v) is 8.84. The van der Waals surface area contributed by atoms with Crippen LogP contribution in [0.2, 0.25) is 0 Å². The molecule has 0 spiro atoms. The number of anilines is 3. The maximum Gasteiger partial charge on any atom is 0.274 e. The van der Waals surface area contributed by atoms with Crippen molar-refractivity contribution < 1.29 is 14.3 Å². The number of aryl methyl sites for hydroxylation is 2. The van der Waals surface area contributed by atoms with Crippen molar-refractivity contribution in [2.24, 2.45) is 0 Å². The number of nitrogens with one attached hydrogen (secondary N) is 2. The van der Waals surface area contributed by atoms with E-state index in [2.05, 4.69) is 33.8 Å². The van der Waals surface area contributed by atoms with Crippen LogP contribution in [0.5, 0.6) is 11.5 Å². The molecule has 0 unspecified atom stereocenters. The van der Waals surface area contributed by atoms with E-state index < -0.39 is 0 Å². The molecule has 6 nitrogen and oxygen atoms in total. The molecule has 0 saturated heterocycles. The van der Waals surface area contributed by atoms with Gasteiger partial charge in [0.2, 0.25) is 0 Å². The van der Waals surface area contributed by atoms with E-state index in [0.717, 1.165) is 16.9 Å². The van der Waals surface area contributed by atoms with Gasteiger partial charge in [0.25, 0.3) is 5.91 Å². The molecule has 3 aromatic rings. The van der Waals surface area contributed by atoms with Crippen LogP contribution < -0.4 is 20.1 Å². The molecule has 1 amide bonds. The van der Waals surface area contributed by atoms with Gasteiger partial charge in [-0.2, -0.15) is 0 Å². The molecule has 28 heavy (non-hydrogen) atoms. The van der Waals surface area contributed by atoms with Crippen molar-refractivity contribution in [1.29, 1.82) is 0 Å². The number of aromatic nitrogens is 1. The highest BCUT2D eigenvalue weighted by Crippen LogP contribution is 2.29. The van der Waals surface area contributed by atoms with Crippen LogP contribution in [-0.2, 0) is 0 Å². The first-order valence-electron chi connectivity index (χ1n) is 8.84. The molecule has 1 aromatic heterocycles. The van der Waals surface area contributed by atoms with E-state index >= 15 is 0 Å².